The van der Waals surface area contributed by atoms with Gasteiger partial charge >= 0.3 is 6.09 Å². The number of likely N-dealkylation sites (tertiary alicyclic amines) is 1. The van der Waals surface area contributed by atoms with Gasteiger partial charge in [-0.3, -0.25) is 9.69 Å². The van der Waals surface area contributed by atoms with Crippen LogP contribution >= 0.6 is 0 Å². The van der Waals surface area contributed by atoms with E-state index in [1.807, 2.05) is 13.8 Å². The SMILES string of the molecule is CC(C)COC(=O)N1CCCC1C(=O)NC1CC1. The predicted octanol–water partition coefficient (Wildman–Crippen LogP) is 1.52. The van der Waals surface area contributed by atoms with E-state index in [0.717, 1.165) is 25.7 Å². The molecular formula is C13H22N2O3. The van der Waals surface area contributed by atoms with Crippen molar-refractivity contribution in [2.75, 3.05) is 13.2 Å². The number of nitrogens with zero attached hydrogens (tertiary/aromatic N) is 1. The molecule has 5 nitrogen and oxygen atoms in total. The minimum Gasteiger partial charge on any atom is -0.449 e. The lowest BCUT2D eigenvalue weighted by Gasteiger charge is -2.23. The highest BCUT2D eigenvalue weighted by Crippen LogP contribution is 2.22. The lowest BCUT2D eigenvalue weighted by Crippen LogP contribution is -2.46. The van der Waals surface area contributed by atoms with Crippen molar-refractivity contribution in [3.05, 3.63) is 0 Å². The molecule has 1 aliphatic heterocycles. The van der Waals surface area contributed by atoms with E-state index in [2.05, 4.69) is 5.32 Å². The summed E-state index contributed by atoms with van der Waals surface area (Å²) in [5.74, 6) is 0.298. The van der Waals surface area contributed by atoms with Gasteiger partial charge in [-0.15, -0.1) is 0 Å². The fraction of sp³-hybridized carbons (Fsp3) is 0.846. The molecule has 1 saturated carbocycles. The average Bonchev–Trinajstić information content (AvgIpc) is 2.98. The van der Waals surface area contributed by atoms with Crippen LogP contribution in [0, 0.1) is 5.92 Å². The molecule has 2 rings (SSSR count). The van der Waals surface area contributed by atoms with Crippen molar-refractivity contribution in [3.63, 3.8) is 0 Å². The third-order valence-corrected chi connectivity index (χ3v) is 3.25. The summed E-state index contributed by atoms with van der Waals surface area (Å²) in [4.78, 5) is 25.4. The molecule has 1 saturated heterocycles. The first-order chi connectivity index (χ1) is 8.58. The van der Waals surface area contributed by atoms with Gasteiger partial charge in [0, 0.05) is 12.6 Å². The molecule has 0 aromatic carbocycles. The zero-order chi connectivity index (χ0) is 13.1. The molecule has 1 unspecified atom stereocenters. The summed E-state index contributed by atoms with van der Waals surface area (Å²) in [6.07, 6.45) is 3.40. The molecule has 0 radical (unpaired) electrons. The lowest BCUT2D eigenvalue weighted by atomic mass is 10.2. The molecule has 2 fully saturated rings. The highest BCUT2D eigenvalue weighted by Gasteiger charge is 2.37. The van der Waals surface area contributed by atoms with Gasteiger partial charge in [0.25, 0.3) is 0 Å². The Morgan fingerprint density at radius 2 is 2.06 bits per heavy atom. The van der Waals surface area contributed by atoms with Crippen LogP contribution in [0.15, 0.2) is 0 Å². The van der Waals surface area contributed by atoms with Gasteiger partial charge in [-0.05, 0) is 31.6 Å². The van der Waals surface area contributed by atoms with Crippen molar-refractivity contribution in [3.8, 4) is 0 Å². The zero-order valence-electron chi connectivity index (χ0n) is 11.1. The molecule has 1 heterocycles. The fourth-order valence-corrected chi connectivity index (χ4v) is 2.10. The first-order valence-corrected chi connectivity index (χ1v) is 6.81. The smallest absolute Gasteiger partial charge is 0.410 e. The molecule has 2 amide bonds. The Bertz CT molecular complexity index is 326. The van der Waals surface area contributed by atoms with Crippen LogP contribution in [0.1, 0.15) is 39.5 Å². The Hall–Kier alpha value is -1.26. The van der Waals surface area contributed by atoms with E-state index in [1.54, 1.807) is 4.90 Å². The molecule has 5 heteroatoms. The molecule has 1 atom stereocenters. The van der Waals surface area contributed by atoms with Crippen LogP contribution in [-0.2, 0) is 9.53 Å². The number of amides is 2. The molecule has 0 aromatic rings. The number of carbonyl (C=O) groups is 2. The Morgan fingerprint density at radius 3 is 2.67 bits per heavy atom. The van der Waals surface area contributed by atoms with Gasteiger partial charge < -0.3 is 10.1 Å². The number of ether oxygens (including phenoxy) is 1. The summed E-state index contributed by atoms with van der Waals surface area (Å²) in [5, 5.41) is 2.96. The van der Waals surface area contributed by atoms with Crippen LogP contribution in [-0.4, -0.2) is 42.1 Å². The second-order valence-electron chi connectivity index (χ2n) is 5.61. The average molecular weight is 254 g/mol. The maximum Gasteiger partial charge on any atom is 0.410 e. The summed E-state index contributed by atoms with van der Waals surface area (Å²) in [7, 11) is 0. The van der Waals surface area contributed by atoms with E-state index >= 15 is 0 Å². The van der Waals surface area contributed by atoms with E-state index in [0.29, 0.717) is 25.1 Å². The highest BCUT2D eigenvalue weighted by molar-refractivity contribution is 5.86. The van der Waals surface area contributed by atoms with Gasteiger partial charge in [0.15, 0.2) is 0 Å². The van der Waals surface area contributed by atoms with E-state index in [1.165, 1.54) is 0 Å². The summed E-state index contributed by atoms with van der Waals surface area (Å²) in [6, 6.07) is 0.0110. The molecule has 1 N–H and O–H groups in total. The Labute approximate surface area is 108 Å². The van der Waals surface area contributed by atoms with Crippen molar-refractivity contribution in [2.24, 2.45) is 5.92 Å². The highest BCUT2D eigenvalue weighted by atomic mass is 16.6. The summed E-state index contributed by atoms with van der Waals surface area (Å²) >= 11 is 0. The van der Waals surface area contributed by atoms with Gasteiger partial charge in [0.1, 0.15) is 6.04 Å². The van der Waals surface area contributed by atoms with Crippen LogP contribution in [0.4, 0.5) is 4.79 Å². The standard InChI is InChI=1S/C13H22N2O3/c1-9(2)8-18-13(17)15-7-3-4-11(15)12(16)14-10-5-6-10/h9-11H,3-8H2,1-2H3,(H,14,16). The number of rotatable bonds is 4. The van der Waals surface area contributed by atoms with Crippen LogP contribution in [0.25, 0.3) is 0 Å². The van der Waals surface area contributed by atoms with Crippen LogP contribution < -0.4 is 5.32 Å². The van der Waals surface area contributed by atoms with Crippen molar-refractivity contribution in [1.29, 1.82) is 0 Å². The first-order valence-electron chi connectivity index (χ1n) is 6.81. The molecular weight excluding hydrogens is 232 g/mol. The van der Waals surface area contributed by atoms with E-state index < -0.39 is 0 Å². The number of hydrogen-bond donors (Lipinski definition) is 1. The van der Waals surface area contributed by atoms with Crippen molar-refractivity contribution >= 4 is 12.0 Å². The topological polar surface area (TPSA) is 58.6 Å². The van der Waals surface area contributed by atoms with Gasteiger partial charge in [0.2, 0.25) is 5.91 Å². The number of hydrogen-bond acceptors (Lipinski definition) is 3. The zero-order valence-corrected chi connectivity index (χ0v) is 11.1. The molecule has 1 aliphatic carbocycles. The maximum absolute atomic E-state index is 12.0. The van der Waals surface area contributed by atoms with Crippen LogP contribution in [0.5, 0.6) is 0 Å². The first kappa shape index (κ1) is 13.2. The second kappa shape index (κ2) is 5.59. The van der Waals surface area contributed by atoms with E-state index in [9.17, 15) is 9.59 Å². The minimum atomic E-state index is -0.350. The Kier molecular flexibility index (Phi) is 4.09. The molecule has 2 aliphatic rings. The Morgan fingerprint density at radius 1 is 1.33 bits per heavy atom. The minimum absolute atomic E-state index is 0.0171. The van der Waals surface area contributed by atoms with Crippen LogP contribution in [0.2, 0.25) is 0 Å². The third-order valence-electron chi connectivity index (χ3n) is 3.25. The molecule has 18 heavy (non-hydrogen) atoms. The maximum atomic E-state index is 12.0. The molecule has 102 valence electrons. The van der Waals surface area contributed by atoms with Gasteiger partial charge in [-0.2, -0.15) is 0 Å². The van der Waals surface area contributed by atoms with Gasteiger partial charge in [-0.1, -0.05) is 13.8 Å². The Balaban J connectivity index is 1.85. The molecule has 0 spiro atoms. The van der Waals surface area contributed by atoms with Gasteiger partial charge in [-0.25, -0.2) is 4.79 Å². The fourth-order valence-electron chi connectivity index (χ4n) is 2.10. The van der Waals surface area contributed by atoms with E-state index in [4.69, 9.17) is 4.74 Å². The molecule has 0 aromatic heterocycles. The predicted molar refractivity (Wildman–Crippen MR) is 67.1 cm³/mol. The summed E-state index contributed by atoms with van der Waals surface area (Å²) in [6.45, 7) is 5.02. The lowest BCUT2D eigenvalue weighted by molar-refractivity contribution is -0.125. The molecule has 0 bridgehead atoms. The third kappa shape index (κ3) is 3.37. The number of carbonyl (C=O) groups excluding carboxylic acids is 2. The monoisotopic (exact) mass is 254 g/mol. The van der Waals surface area contributed by atoms with Gasteiger partial charge in [0.05, 0.1) is 6.61 Å². The van der Waals surface area contributed by atoms with Crippen LogP contribution in [0.3, 0.4) is 0 Å². The summed E-state index contributed by atoms with van der Waals surface area (Å²) in [5.41, 5.74) is 0. The quantitative estimate of drug-likeness (QED) is 0.827. The summed E-state index contributed by atoms with van der Waals surface area (Å²) < 4.78 is 5.20. The van der Waals surface area contributed by atoms with Crippen molar-refractivity contribution in [2.45, 2.75) is 51.6 Å². The van der Waals surface area contributed by atoms with E-state index in [-0.39, 0.29) is 18.0 Å². The number of nitrogens with one attached hydrogen (secondary N) is 1. The van der Waals surface area contributed by atoms with Crippen molar-refractivity contribution < 1.29 is 14.3 Å². The van der Waals surface area contributed by atoms with Crippen molar-refractivity contribution in [1.82, 2.24) is 10.2 Å². The largest absolute Gasteiger partial charge is 0.449 e. The normalized spacial score (nSPS) is 23.3. The second-order valence-corrected chi connectivity index (χ2v) is 5.61.